The van der Waals surface area contributed by atoms with E-state index in [1.165, 1.54) is 0 Å². The lowest BCUT2D eigenvalue weighted by atomic mass is 9.95. The van der Waals surface area contributed by atoms with Gasteiger partial charge in [0.25, 0.3) is 0 Å². The van der Waals surface area contributed by atoms with Crippen molar-refractivity contribution in [2.75, 3.05) is 44.2 Å². The molecule has 7 nitrogen and oxygen atoms in total. The van der Waals surface area contributed by atoms with Crippen LogP contribution in [0.25, 0.3) is 0 Å². The van der Waals surface area contributed by atoms with E-state index in [9.17, 15) is 9.59 Å². The van der Waals surface area contributed by atoms with E-state index in [0.717, 1.165) is 42.5 Å². The number of piperazine rings is 1. The Bertz CT molecular complexity index is 986. The van der Waals surface area contributed by atoms with Crippen molar-refractivity contribution in [3.63, 3.8) is 0 Å². The zero-order valence-electron chi connectivity index (χ0n) is 18.0. The minimum Gasteiger partial charge on any atom is -0.463 e. The second kappa shape index (κ2) is 10.1. The fourth-order valence-electron chi connectivity index (χ4n) is 4.13. The Morgan fingerprint density at radius 2 is 1.75 bits per heavy atom. The van der Waals surface area contributed by atoms with Crippen LogP contribution in [0.2, 0.25) is 5.02 Å². The van der Waals surface area contributed by atoms with E-state index < -0.39 is 12.0 Å². The van der Waals surface area contributed by atoms with E-state index in [1.54, 1.807) is 6.92 Å². The van der Waals surface area contributed by atoms with Crippen LogP contribution in [0.5, 0.6) is 0 Å². The van der Waals surface area contributed by atoms with Crippen LogP contribution in [-0.4, -0.2) is 56.2 Å². The zero-order chi connectivity index (χ0) is 22.5. The first-order valence-corrected chi connectivity index (χ1v) is 11.2. The normalized spacial score (nSPS) is 19.4. The number of benzene rings is 2. The molecule has 0 aliphatic carbocycles. The van der Waals surface area contributed by atoms with Gasteiger partial charge in [-0.15, -0.1) is 0 Å². The van der Waals surface area contributed by atoms with Gasteiger partial charge in [-0.3, -0.25) is 4.90 Å². The number of hydrogen-bond donors (Lipinski definition) is 2. The molecule has 0 spiro atoms. The molecule has 0 saturated carbocycles. The van der Waals surface area contributed by atoms with Gasteiger partial charge in [0.2, 0.25) is 0 Å². The molecule has 0 aromatic heterocycles. The van der Waals surface area contributed by atoms with Crippen molar-refractivity contribution in [3.8, 4) is 0 Å². The maximum Gasteiger partial charge on any atom is 0.338 e. The third-order valence-corrected chi connectivity index (χ3v) is 5.98. The van der Waals surface area contributed by atoms with E-state index in [1.807, 2.05) is 54.6 Å². The minimum atomic E-state index is -0.547. The molecular formula is C24H27ClN4O3. The van der Waals surface area contributed by atoms with E-state index in [2.05, 4.69) is 20.4 Å². The molecular weight excluding hydrogens is 428 g/mol. The molecule has 1 fully saturated rings. The number of amides is 2. The lowest BCUT2D eigenvalue weighted by Gasteiger charge is -2.38. The molecule has 2 aromatic carbocycles. The number of carbonyl (C=O) groups excluding carboxylic acids is 2. The summed E-state index contributed by atoms with van der Waals surface area (Å²) in [4.78, 5) is 29.9. The highest BCUT2D eigenvalue weighted by molar-refractivity contribution is 6.30. The summed E-state index contributed by atoms with van der Waals surface area (Å²) >= 11 is 6.00. The van der Waals surface area contributed by atoms with Crippen LogP contribution in [0.1, 0.15) is 18.5 Å². The van der Waals surface area contributed by atoms with Crippen LogP contribution < -0.4 is 15.5 Å². The number of urea groups is 1. The smallest absolute Gasteiger partial charge is 0.338 e. The van der Waals surface area contributed by atoms with Crippen LogP contribution in [-0.2, 0) is 9.53 Å². The molecule has 0 radical (unpaired) electrons. The summed E-state index contributed by atoms with van der Waals surface area (Å²) in [7, 11) is 0. The van der Waals surface area contributed by atoms with Crippen molar-refractivity contribution in [3.05, 3.63) is 76.5 Å². The molecule has 0 bridgehead atoms. The number of halogens is 1. The molecule has 2 aliphatic rings. The first-order valence-electron chi connectivity index (χ1n) is 10.8. The number of ether oxygens (including phenoxy) is 1. The van der Waals surface area contributed by atoms with Gasteiger partial charge in [-0.1, -0.05) is 41.9 Å². The van der Waals surface area contributed by atoms with Crippen LogP contribution in [0.4, 0.5) is 10.5 Å². The molecule has 8 heteroatoms. The quantitative estimate of drug-likeness (QED) is 0.655. The molecule has 32 heavy (non-hydrogen) atoms. The number of nitrogens with one attached hydrogen (secondary N) is 2. The number of nitrogens with zero attached hydrogens (tertiary/aromatic N) is 2. The summed E-state index contributed by atoms with van der Waals surface area (Å²) in [5.41, 5.74) is 3.04. The molecule has 2 amide bonds. The first-order chi connectivity index (χ1) is 15.5. The Hall–Kier alpha value is -3.03. The third-order valence-electron chi connectivity index (χ3n) is 5.73. The summed E-state index contributed by atoms with van der Waals surface area (Å²) in [6, 6.07) is 16.5. The summed E-state index contributed by atoms with van der Waals surface area (Å²) in [6.45, 7) is 5.82. The van der Waals surface area contributed by atoms with Gasteiger partial charge in [-0.2, -0.15) is 0 Å². The van der Waals surface area contributed by atoms with Gasteiger partial charge >= 0.3 is 12.0 Å². The van der Waals surface area contributed by atoms with Crippen LogP contribution >= 0.6 is 11.6 Å². The minimum absolute atomic E-state index is 0.269. The number of esters is 1. The molecule has 1 atom stereocenters. The molecule has 2 aliphatic heterocycles. The summed E-state index contributed by atoms with van der Waals surface area (Å²) < 4.78 is 5.35. The lowest BCUT2D eigenvalue weighted by Crippen LogP contribution is -2.51. The summed E-state index contributed by atoms with van der Waals surface area (Å²) in [5, 5.41) is 6.46. The Morgan fingerprint density at radius 1 is 1.06 bits per heavy atom. The highest BCUT2D eigenvalue weighted by Crippen LogP contribution is 2.28. The fourth-order valence-corrected chi connectivity index (χ4v) is 4.25. The Morgan fingerprint density at radius 3 is 2.41 bits per heavy atom. The van der Waals surface area contributed by atoms with Crippen LogP contribution in [0.15, 0.2) is 65.9 Å². The summed E-state index contributed by atoms with van der Waals surface area (Å²) in [5.74, 6) is -0.413. The summed E-state index contributed by atoms with van der Waals surface area (Å²) in [6.07, 6.45) is 0. The molecule has 2 heterocycles. The number of anilines is 1. The van der Waals surface area contributed by atoms with Gasteiger partial charge in [0, 0.05) is 49.1 Å². The average molecular weight is 455 g/mol. The van der Waals surface area contributed by atoms with E-state index in [-0.39, 0.29) is 12.6 Å². The molecule has 1 saturated heterocycles. The largest absolute Gasteiger partial charge is 0.463 e. The topological polar surface area (TPSA) is 73.9 Å². The predicted molar refractivity (Wildman–Crippen MR) is 125 cm³/mol. The Kier molecular flexibility index (Phi) is 6.97. The van der Waals surface area contributed by atoms with Crippen molar-refractivity contribution >= 4 is 29.3 Å². The van der Waals surface area contributed by atoms with Gasteiger partial charge < -0.3 is 20.3 Å². The van der Waals surface area contributed by atoms with Crippen molar-refractivity contribution in [1.29, 1.82) is 0 Å². The highest BCUT2D eigenvalue weighted by atomic mass is 35.5. The first kappa shape index (κ1) is 22.2. The van der Waals surface area contributed by atoms with Gasteiger partial charge in [-0.25, -0.2) is 9.59 Å². The molecule has 4 rings (SSSR count). The van der Waals surface area contributed by atoms with Gasteiger partial charge in [0.1, 0.15) is 0 Å². The lowest BCUT2D eigenvalue weighted by molar-refractivity contribution is -0.139. The second-order valence-electron chi connectivity index (χ2n) is 7.79. The fraction of sp³-hybridized carbons (Fsp3) is 0.333. The number of hydrogen-bond acceptors (Lipinski definition) is 5. The van der Waals surface area contributed by atoms with Gasteiger partial charge in [-0.05, 0) is 36.8 Å². The highest BCUT2D eigenvalue weighted by Gasteiger charge is 2.34. The van der Waals surface area contributed by atoms with Crippen LogP contribution in [0, 0.1) is 0 Å². The Balaban J connectivity index is 1.53. The maximum atomic E-state index is 12.9. The van der Waals surface area contributed by atoms with Crippen molar-refractivity contribution in [1.82, 2.24) is 15.5 Å². The van der Waals surface area contributed by atoms with Crippen molar-refractivity contribution < 1.29 is 14.3 Å². The monoisotopic (exact) mass is 454 g/mol. The number of carbonyl (C=O) groups is 2. The molecule has 168 valence electrons. The zero-order valence-corrected chi connectivity index (χ0v) is 18.8. The van der Waals surface area contributed by atoms with E-state index in [0.29, 0.717) is 17.8 Å². The van der Waals surface area contributed by atoms with Crippen molar-refractivity contribution in [2.24, 2.45) is 0 Å². The Labute approximate surface area is 193 Å². The number of rotatable bonds is 6. The van der Waals surface area contributed by atoms with Gasteiger partial charge in [0.05, 0.1) is 18.2 Å². The maximum absolute atomic E-state index is 12.9. The molecule has 2 N–H and O–H groups in total. The van der Waals surface area contributed by atoms with E-state index >= 15 is 0 Å². The SMILES string of the molecule is CCOC(=O)C1=C(CN2CCN(c3ccc(Cl)cc3)CC2)NC(=O)N[C@@H]1c1ccccc1. The average Bonchev–Trinajstić information content (AvgIpc) is 2.80. The molecule has 0 unspecified atom stereocenters. The van der Waals surface area contributed by atoms with E-state index in [4.69, 9.17) is 16.3 Å². The van der Waals surface area contributed by atoms with Gasteiger partial charge in [0.15, 0.2) is 0 Å². The second-order valence-corrected chi connectivity index (χ2v) is 8.23. The van der Waals surface area contributed by atoms with Crippen molar-refractivity contribution in [2.45, 2.75) is 13.0 Å². The predicted octanol–water partition coefficient (Wildman–Crippen LogP) is 3.33. The molecule has 2 aromatic rings. The van der Waals surface area contributed by atoms with Crippen LogP contribution in [0.3, 0.4) is 0 Å². The third kappa shape index (κ3) is 5.06. The standard InChI is InChI=1S/C24H27ClN4O3/c1-2-32-23(30)21-20(26-24(31)27-22(21)17-6-4-3-5-7-17)16-28-12-14-29(15-13-28)19-10-8-18(25)9-11-19/h3-11,22H,2,12-16H2,1H3,(H2,26,27,31)/t22-/m1/s1.